The van der Waals surface area contributed by atoms with Crippen molar-refractivity contribution in [3.05, 3.63) is 42.1 Å². The van der Waals surface area contributed by atoms with Crippen molar-refractivity contribution >= 4 is 11.7 Å². The van der Waals surface area contributed by atoms with Gasteiger partial charge in [0.1, 0.15) is 11.9 Å². The maximum absolute atomic E-state index is 12.6. The molecular weight excluding hydrogens is 332 g/mol. The van der Waals surface area contributed by atoms with Crippen molar-refractivity contribution in [1.82, 2.24) is 15.1 Å². The maximum Gasteiger partial charge on any atom is 0.322 e. The summed E-state index contributed by atoms with van der Waals surface area (Å²) >= 11 is 0. The predicted molar refractivity (Wildman–Crippen MR) is 98.6 cm³/mol. The molecule has 2 amide bonds. The predicted octanol–water partition coefficient (Wildman–Crippen LogP) is 3.26. The van der Waals surface area contributed by atoms with Crippen molar-refractivity contribution in [2.45, 2.75) is 32.8 Å². The molecule has 1 N–H and O–H groups in total. The summed E-state index contributed by atoms with van der Waals surface area (Å²) < 4.78 is 11.4. The molecule has 2 aromatic rings. The van der Waals surface area contributed by atoms with E-state index in [1.165, 1.54) is 0 Å². The Balaban J connectivity index is 1.60. The zero-order valence-corrected chi connectivity index (χ0v) is 15.1. The van der Waals surface area contributed by atoms with Crippen molar-refractivity contribution < 1.29 is 14.3 Å². The van der Waals surface area contributed by atoms with Crippen molar-refractivity contribution in [2.75, 3.05) is 25.0 Å². The third-order valence-electron chi connectivity index (χ3n) is 4.15. The normalized spacial score (nSPS) is 16.8. The summed E-state index contributed by atoms with van der Waals surface area (Å²) in [6, 6.07) is 10.9. The van der Waals surface area contributed by atoms with Gasteiger partial charge in [-0.05, 0) is 44.9 Å². The second-order valence-corrected chi connectivity index (χ2v) is 6.20. The number of carbonyl (C=O) groups excluding carboxylic acids is 1. The van der Waals surface area contributed by atoms with E-state index in [0.29, 0.717) is 37.0 Å². The van der Waals surface area contributed by atoms with E-state index in [0.717, 1.165) is 18.5 Å². The summed E-state index contributed by atoms with van der Waals surface area (Å²) in [5.74, 6) is 1.16. The summed E-state index contributed by atoms with van der Waals surface area (Å²) in [4.78, 5) is 14.4. The van der Waals surface area contributed by atoms with Gasteiger partial charge in [0.2, 0.25) is 5.88 Å². The topological polar surface area (TPSA) is 76.6 Å². The average Bonchev–Trinajstić information content (AvgIpc) is 2.66. The van der Waals surface area contributed by atoms with Crippen LogP contribution in [0, 0.1) is 6.92 Å². The van der Waals surface area contributed by atoms with E-state index in [1.807, 2.05) is 44.2 Å². The molecule has 1 aliphatic heterocycles. The Bertz CT molecular complexity index is 736. The van der Waals surface area contributed by atoms with Crippen molar-refractivity contribution in [3.8, 4) is 11.6 Å². The zero-order chi connectivity index (χ0) is 18.4. The Labute approximate surface area is 153 Å². The molecule has 138 valence electrons. The number of nitrogens with one attached hydrogen (secondary N) is 1. The van der Waals surface area contributed by atoms with Gasteiger partial charge in [0.25, 0.3) is 0 Å². The van der Waals surface area contributed by atoms with E-state index in [-0.39, 0.29) is 12.1 Å². The quantitative estimate of drug-likeness (QED) is 0.890. The molecule has 26 heavy (non-hydrogen) atoms. The van der Waals surface area contributed by atoms with Crippen LogP contribution in [0.1, 0.15) is 25.5 Å². The van der Waals surface area contributed by atoms with E-state index >= 15 is 0 Å². The lowest BCUT2D eigenvalue weighted by molar-refractivity contribution is 0.102. The minimum atomic E-state index is -0.152. The Morgan fingerprint density at radius 3 is 2.88 bits per heavy atom. The van der Waals surface area contributed by atoms with Gasteiger partial charge < -0.3 is 19.7 Å². The molecular formula is C19H24N4O3. The highest BCUT2D eigenvalue weighted by Gasteiger charge is 2.25. The highest BCUT2D eigenvalue weighted by atomic mass is 16.5. The first kappa shape index (κ1) is 18.0. The lowest BCUT2D eigenvalue weighted by Crippen LogP contribution is -2.46. The first-order valence-corrected chi connectivity index (χ1v) is 8.90. The Hall–Kier alpha value is -2.83. The molecule has 1 atom stereocenters. The molecule has 3 rings (SSSR count). The number of nitrogens with zero attached hydrogens (tertiary/aromatic N) is 3. The number of urea groups is 1. The fourth-order valence-corrected chi connectivity index (χ4v) is 2.88. The van der Waals surface area contributed by atoms with Gasteiger partial charge in [-0.25, -0.2) is 4.79 Å². The molecule has 1 unspecified atom stereocenters. The van der Waals surface area contributed by atoms with Crippen molar-refractivity contribution in [3.63, 3.8) is 0 Å². The van der Waals surface area contributed by atoms with Crippen LogP contribution in [0.5, 0.6) is 11.6 Å². The van der Waals surface area contributed by atoms with E-state index < -0.39 is 0 Å². The van der Waals surface area contributed by atoms with Gasteiger partial charge in [-0.3, -0.25) is 0 Å². The fourth-order valence-electron chi connectivity index (χ4n) is 2.88. The third-order valence-corrected chi connectivity index (χ3v) is 4.15. The number of rotatable bonds is 5. The first-order valence-electron chi connectivity index (χ1n) is 8.90. The Morgan fingerprint density at radius 1 is 1.27 bits per heavy atom. The van der Waals surface area contributed by atoms with E-state index in [4.69, 9.17) is 9.47 Å². The van der Waals surface area contributed by atoms with Gasteiger partial charge in [-0.2, -0.15) is 5.10 Å². The molecule has 1 aromatic heterocycles. The number of anilines is 1. The smallest absolute Gasteiger partial charge is 0.322 e. The van der Waals surface area contributed by atoms with Crippen LogP contribution in [0.2, 0.25) is 0 Å². The molecule has 1 aliphatic rings. The number of amides is 2. The van der Waals surface area contributed by atoms with Gasteiger partial charge in [0, 0.05) is 12.6 Å². The molecule has 1 aromatic carbocycles. The molecule has 0 saturated carbocycles. The summed E-state index contributed by atoms with van der Waals surface area (Å²) in [6.07, 6.45) is 1.67. The number of carbonyl (C=O) groups is 1. The van der Waals surface area contributed by atoms with Gasteiger partial charge >= 0.3 is 6.03 Å². The Kier molecular flexibility index (Phi) is 5.88. The number of hydrogen-bond donors (Lipinski definition) is 1. The molecule has 7 heteroatoms. The molecule has 2 heterocycles. The largest absolute Gasteiger partial charge is 0.492 e. The monoisotopic (exact) mass is 356 g/mol. The van der Waals surface area contributed by atoms with Gasteiger partial charge in [-0.1, -0.05) is 12.1 Å². The van der Waals surface area contributed by atoms with E-state index in [1.54, 1.807) is 11.0 Å². The minimum Gasteiger partial charge on any atom is -0.492 e. The number of hydrogen-bond acceptors (Lipinski definition) is 5. The van der Waals surface area contributed by atoms with E-state index in [9.17, 15) is 4.79 Å². The van der Waals surface area contributed by atoms with Crippen LogP contribution in [0.15, 0.2) is 36.4 Å². The van der Waals surface area contributed by atoms with Crippen LogP contribution in [0.4, 0.5) is 10.5 Å². The Morgan fingerprint density at radius 2 is 2.12 bits per heavy atom. The molecule has 0 radical (unpaired) electrons. The maximum atomic E-state index is 12.6. The van der Waals surface area contributed by atoms with Crippen LogP contribution in [-0.4, -0.2) is 46.9 Å². The van der Waals surface area contributed by atoms with Crippen LogP contribution in [0.25, 0.3) is 0 Å². The highest BCUT2D eigenvalue weighted by Crippen LogP contribution is 2.25. The third kappa shape index (κ3) is 4.62. The van der Waals surface area contributed by atoms with Gasteiger partial charge in [0.05, 0.1) is 24.5 Å². The fraction of sp³-hybridized carbons (Fsp3) is 0.421. The van der Waals surface area contributed by atoms with Crippen LogP contribution in [0.3, 0.4) is 0 Å². The number of aromatic nitrogens is 2. The summed E-state index contributed by atoms with van der Waals surface area (Å²) in [6.45, 7) is 5.55. The standard InChI is InChI=1S/C19H24N4O3/c1-3-25-17-9-5-4-8-16(17)20-19(24)23-12-6-7-15(13-23)26-18-11-10-14(2)21-22-18/h4-5,8-11,15H,3,6-7,12-13H2,1-2H3,(H,20,24). The van der Waals surface area contributed by atoms with Gasteiger partial charge in [0.15, 0.2) is 0 Å². The van der Waals surface area contributed by atoms with Crippen molar-refractivity contribution in [2.24, 2.45) is 0 Å². The molecule has 0 aliphatic carbocycles. The SMILES string of the molecule is CCOc1ccccc1NC(=O)N1CCCC(Oc2ccc(C)nn2)C1. The van der Waals surface area contributed by atoms with Crippen LogP contribution in [-0.2, 0) is 0 Å². The number of ether oxygens (including phenoxy) is 2. The summed E-state index contributed by atoms with van der Waals surface area (Å²) in [5, 5.41) is 11.0. The lowest BCUT2D eigenvalue weighted by Gasteiger charge is -2.32. The molecule has 7 nitrogen and oxygen atoms in total. The van der Waals surface area contributed by atoms with E-state index in [2.05, 4.69) is 15.5 Å². The second kappa shape index (κ2) is 8.51. The van der Waals surface area contributed by atoms with Crippen molar-refractivity contribution in [1.29, 1.82) is 0 Å². The average molecular weight is 356 g/mol. The number of para-hydroxylation sites is 2. The first-order chi connectivity index (χ1) is 12.7. The number of aryl methyl sites for hydroxylation is 1. The van der Waals surface area contributed by atoms with Gasteiger partial charge in [-0.15, -0.1) is 5.10 Å². The molecule has 0 spiro atoms. The summed E-state index contributed by atoms with van der Waals surface area (Å²) in [7, 11) is 0. The molecule has 1 fully saturated rings. The summed E-state index contributed by atoms with van der Waals surface area (Å²) in [5.41, 5.74) is 1.52. The second-order valence-electron chi connectivity index (χ2n) is 6.20. The number of piperidine rings is 1. The number of benzene rings is 1. The van der Waals surface area contributed by atoms with Crippen LogP contribution < -0.4 is 14.8 Å². The lowest BCUT2D eigenvalue weighted by atomic mass is 10.1. The minimum absolute atomic E-state index is 0.0892. The number of likely N-dealkylation sites (tertiary alicyclic amines) is 1. The highest BCUT2D eigenvalue weighted by molar-refractivity contribution is 5.91. The molecule has 1 saturated heterocycles. The molecule has 0 bridgehead atoms. The van der Waals surface area contributed by atoms with Crippen LogP contribution >= 0.6 is 0 Å². The zero-order valence-electron chi connectivity index (χ0n) is 15.1.